The fraction of sp³-hybridized carbons (Fsp3) is 0.360. The Kier molecular flexibility index (Phi) is 8.02. The highest BCUT2D eigenvalue weighted by molar-refractivity contribution is 7.92. The zero-order valence-corrected chi connectivity index (χ0v) is 22.9. The zero-order chi connectivity index (χ0) is 28.1. The number of hydrogen-bond acceptors (Lipinski definition) is 12. The fourth-order valence-corrected chi connectivity index (χ4v) is 4.81. The van der Waals surface area contributed by atoms with Gasteiger partial charge in [0.2, 0.25) is 17.4 Å². The number of sulfonamides is 1. The Morgan fingerprint density at radius 2 is 1.95 bits per heavy atom. The standard InChI is InChI=1S/C25H28N8O6S/c1-15(2)16-10-11-20(26-13-16)40(34,35)31-22-21(39-19-9-5-4-8-18(19)36-3)25(38-14-17-7-6-12-37-17)28-23(27-22)24-29-32-33-30-24/h4-5,8-11,13,15,17H,6-7,12,14H2,1-3H3,(H,27,28,31)(H,29,30,32,33). The Labute approximate surface area is 230 Å². The summed E-state index contributed by atoms with van der Waals surface area (Å²) in [6.07, 6.45) is 3.07. The minimum absolute atomic E-state index is 0.0191. The van der Waals surface area contributed by atoms with Crippen LogP contribution in [0.25, 0.3) is 11.6 Å². The number of ether oxygens (including phenoxy) is 4. The number of nitrogens with one attached hydrogen (secondary N) is 2. The topological polar surface area (TPSA) is 176 Å². The van der Waals surface area contributed by atoms with E-state index in [2.05, 4.69) is 40.3 Å². The molecule has 1 saturated heterocycles. The highest BCUT2D eigenvalue weighted by Crippen LogP contribution is 2.41. The Morgan fingerprint density at radius 1 is 1.12 bits per heavy atom. The number of para-hydroxylation sites is 2. The first-order valence-corrected chi connectivity index (χ1v) is 14.0. The Hall–Kier alpha value is -4.37. The van der Waals surface area contributed by atoms with Crippen molar-refractivity contribution in [3.05, 3.63) is 48.2 Å². The van der Waals surface area contributed by atoms with Crippen molar-refractivity contribution in [3.8, 4) is 34.8 Å². The van der Waals surface area contributed by atoms with Gasteiger partial charge in [-0.15, -0.1) is 10.2 Å². The van der Waals surface area contributed by atoms with Crippen LogP contribution in [0.15, 0.2) is 47.6 Å². The molecule has 1 fully saturated rings. The van der Waals surface area contributed by atoms with Gasteiger partial charge in [0.05, 0.1) is 13.2 Å². The van der Waals surface area contributed by atoms with Crippen molar-refractivity contribution < 1.29 is 27.4 Å². The monoisotopic (exact) mass is 568 g/mol. The average molecular weight is 569 g/mol. The van der Waals surface area contributed by atoms with Crippen LogP contribution >= 0.6 is 0 Å². The van der Waals surface area contributed by atoms with Crippen molar-refractivity contribution in [2.24, 2.45) is 0 Å². The van der Waals surface area contributed by atoms with Gasteiger partial charge in [0.15, 0.2) is 22.3 Å². The summed E-state index contributed by atoms with van der Waals surface area (Å²) < 4.78 is 52.7. The molecule has 0 amide bonds. The molecule has 4 heterocycles. The molecule has 0 bridgehead atoms. The minimum Gasteiger partial charge on any atom is -0.493 e. The Morgan fingerprint density at radius 3 is 2.60 bits per heavy atom. The van der Waals surface area contributed by atoms with E-state index in [1.807, 2.05) is 13.8 Å². The lowest BCUT2D eigenvalue weighted by molar-refractivity contribution is 0.0654. The van der Waals surface area contributed by atoms with Gasteiger partial charge in [-0.1, -0.05) is 32.0 Å². The largest absolute Gasteiger partial charge is 0.493 e. The van der Waals surface area contributed by atoms with Gasteiger partial charge in [-0.05, 0) is 47.7 Å². The second-order valence-electron chi connectivity index (χ2n) is 9.15. The SMILES string of the molecule is COc1ccccc1Oc1c(NS(=O)(=O)c2ccc(C(C)C)cn2)nc(-c2nn[nH]n2)nc1OCC1CCCO1. The van der Waals surface area contributed by atoms with Gasteiger partial charge in [0.25, 0.3) is 15.9 Å². The highest BCUT2D eigenvalue weighted by Gasteiger charge is 2.28. The third kappa shape index (κ3) is 6.10. The molecule has 2 N–H and O–H groups in total. The average Bonchev–Trinajstić information content (AvgIpc) is 3.68. The lowest BCUT2D eigenvalue weighted by atomic mass is 10.1. The van der Waals surface area contributed by atoms with E-state index < -0.39 is 10.0 Å². The van der Waals surface area contributed by atoms with E-state index >= 15 is 0 Å². The molecular formula is C25H28N8O6S. The first kappa shape index (κ1) is 27.2. The molecule has 14 nitrogen and oxygen atoms in total. The van der Waals surface area contributed by atoms with Crippen LogP contribution in [0, 0.1) is 0 Å². The summed E-state index contributed by atoms with van der Waals surface area (Å²) in [5.74, 6) is 0.445. The Bertz CT molecular complexity index is 1540. The van der Waals surface area contributed by atoms with Crippen molar-refractivity contribution in [2.45, 2.75) is 43.7 Å². The van der Waals surface area contributed by atoms with Crippen molar-refractivity contribution >= 4 is 15.8 Å². The number of hydrogen-bond donors (Lipinski definition) is 2. The number of pyridine rings is 1. The Balaban J connectivity index is 1.60. The highest BCUT2D eigenvalue weighted by atomic mass is 32.2. The maximum Gasteiger partial charge on any atom is 0.280 e. The van der Waals surface area contributed by atoms with Crippen LogP contribution in [0.5, 0.6) is 23.1 Å². The number of aromatic amines is 1. The molecule has 1 atom stereocenters. The quantitative estimate of drug-likeness (QED) is 0.270. The molecule has 0 saturated carbocycles. The molecule has 210 valence electrons. The molecule has 0 spiro atoms. The summed E-state index contributed by atoms with van der Waals surface area (Å²) >= 11 is 0. The summed E-state index contributed by atoms with van der Waals surface area (Å²) in [6, 6.07) is 9.99. The van der Waals surface area contributed by atoms with Gasteiger partial charge in [0.1, 0.15) is 6.61 Å². The summed E-state index contributed by atoms with van der Waals surface area (Å²) in [5.41, 5.74) is 0.894. The lowest BCUT2D eigenvalue weighted by Crippen LogP contribution is -2.19. The predicted molar refractivity (Wildman–Crippen MR) is 142 cm³/mol. The van der Waals surface area contributed by atoms with E-state index in [0.29, 0.717) is 12.4 Å². The molecule has 0 radical (unpaired) electrons. The van der Waals surface area contributed by atoms with Crippen molar-refractivity contribution in [1.82, 2.24) is 35.6 Å². The molecule has 5 rings (SSSR count). The zero-order valence-electron chi connectivity index (χ0n) is 22.1. The second-order valence-corrected chi connectivity index (χ2v) is 10.8. The summed E-state index contributed by atoms with van der Waals surface area (Å²) in [6.45, 7) is 4.76. The number of H-pyrrole nitrogens is 1. The van der Waals surface area contributed by atoms with Crippen molar-refractivity contribution in [2.75, 3.05) is 25.0 Å². The molecule has 1 aliphatic rings. The van der Waals surface area contributed by atoms with Crippen LogP contribution < -0.4 is 18.9 Å². The van der Waals surface area contributed by atoms with Crippen LogP contribution in [0.1, 0.15) is 38.2 Å². The van der Waals surface area contributed by atoms with E-state index in [1.165, 1.54) is 19.4 Å². The smallest absolute Gasteiger partial charge is 0.280 e. The van der Waals surface area contributed by atoms with E-state index in [-0.39, 0.29) is 58.5 Å². The first-order chi connectivity index (χ1) is 19.3. The van der Waals surface area contributed by atoms with Gasteiger partial charge in [0, 0.05) is 12.8 Å². The maximum atomic E-state index is 13.5. The van der Waals surface area contributed by atoms with Gasteiger partial charge >= 0.3 is 0 Å². The molecule has 4 aromatic rings. The summed E-state index contributed by atoms with van der Waals surface area (Å²) in [5, 5.41) is 13.5. The van der Waals surface area contributed by atoms with Crippen LogP contribution in [0.4, 0.5) is 5.82 Å². The van der Waals surface area contributed by atoms with Gasteiger partial charge < -0.3 is 18.9 Å². The molecule has 15 heteroatoms. The van der Waals surface area contributed by atoms with E-state index in [4.69, 9.17) is 18.9 Å². The van der Waals surface area contributed by atoms with Crippen LogP contribution in [-0.2, 0) is 14.8 Å². The second kappa shape index (κ2) is 11.8. The third-order valence-electron chi connectivity index (χ3n) is 6.02. The number of aromatic nitrogens is 7. The molecular weight excluding hydrogens is 540 g/mol. The number of nitrogens with zero attached hydrogens (tertiary/aromatic N) is 6. The van der Waals surface area contributed by atoms with Crippen LogP contribution in [0.3, 0.4) is 0 Å². The molecule has 1 unspecified atom stereocenters. The summed E-state index contributed by atoms with van der Waals surface area (Å²) in [4.78, 5) is 13.0. The molecule has 0 aliphatic carbocycles. The third-order valence-corrected chi connectivity index (χ3v) is 7.28. The first-order valence-electron chi connectivity index (χ1n) is 12.5. The van der Waals surface area contributed by atoms with Gasteiger partial charge in [-0.3, -0.25) is 4.72 Å². The molecule has 1 aliphatic heterocycles. The van der Waals surface area contributed by atoms with E-state index in [9.17, 15) is 8.42 Å². The van der Waals surface area contributed by atoms with Crippen molar-refractivity contribution in [1.29, 1.82) is 0 Å². The van der Waals surface area contributed by atoms with Gasteiger partial charge in [-0.25, -0.2) is 9.97 Å². The van der Waals surface area contributed by atoms with E-state index in [1.54, 1.807) is 30.3 Å². The van der Waals surface area contributed by atoms with Crippen LogP contribution in [0.2, 0.25) is 0 Å². The molecule has 3 aromatic heterocycles. The number of methoxy groups -OCH3 is 1. The predicted octanol–water partition coefficient (Wildman–Crippen LogP) is 3.33. The lowest BCUT2D eigenvalue weighted by Gasteiger charge is -2.18. The number of rotatable bonds is 11. The van der Waals surface area contributed by atoms with E-state index in [0.717, 1.165) is 18.4 Å². The number of anilines is 1. The minimum atomic E-state index is -4.23. The normalized spacial score (nSPS) is 15.2. The van der Waals surface area contributed by atoms with Crippen LogP contribution in [-0.4, -0.2) is 70.4 Å². The maximum absolute atomic E-state index is 13.5. The number of tetrazole rings is 1. The number of benzene rings is 1. The molecule has 1 aromatic carbocycles. The van der Waals surface area contributed by atoms with Crippen molar-refractivity contribution in [3.63, 3.8) is 0 Å². The van der Waals surface area contributed by atoms with Gasteiger partial charge in [-0.2, -0.15) is 18.6 Å². The molecule has 40 heavy (non-hydrogen) atoms. The fourth-order valence-electron chi connectivity index (χ4n) is 3.88. The summed E-state index contributed by atoms with van der Waals surface area (Å²) in [7, 11) is -2.74.